The average molecular weight is 380 g/mol. The van der Waals surface area contributed by atoms with Crippen molar-refractivity contribution in [3.05, 3.63) is 41.3 Å². The number of esters is 1. The Bertz CT molecular complexity index is 723. The Labute approximate surface area is 154 Å². The number of hydrogen-bond donors (Lipinski definition) is 1. The van der Waals surface area contributed by atoms with E-state index in [0.717, 1.165) is 36.7 Å². The molecular formula is C18H24N2O5S. The zero-order chi connectivity index (χ0) is 18.8. The summed E-state index contributed by atoms with van der Waals surface area (Å²) >= 11 is 0. The van der Waals surface area contributed by atoms with Gasteiger partial charge in [0.1, 0.15) is 6.54 Å². The van der Waals surface area contributed by atoms with Crippen LogP contribution in [0.1, 0.15) is 31.2 Å². The summed E-state index contributed by atoms with van der Waals surface area (Å²) in [5, 5.41) is 0.984. The molecule has 1 aliphatic heterocycles. The molecule has 1 aliphatic rings. The van der Waals surface area contributed by atoms with Gasteiger partial charge >= 0.3 is 5.97 Å². The lowest BCUT2D eigenvalue weighted by Gasteiger charge is -2.19. The van der Waals surface area contributed by atoms with Gasteiger partial charge in [-0.25, -0.2) is 13.1 Å². The number of ether oxygens (including phenoxy) is 1. The van der Waals surface area contributed by atoms with Crippen LogP contribution in [0.15, 0.2) is 35.7 Å². The van der Waals surface area contributed by atoms with Crippen LogP contribution < -0.4 is 4.72 Å². The third-order valence-electron chi connectivity index (χ3n) is 3.97. The number of carbonyl (C=O) groups excluding carboxylic acids is 2. The van der Waals surface area contributed by atoms with E-state index in [4.69, 9.17) is 4.74 Å². The molecule has 2 rings (SSSR count). The fraction of sp³-hybridized carbons (Fsp3) is 0.444. The highest BCUT2D eigenvalue weighted by molar-refractivity contribution is 7.92. The van der Waals surface area contributed by atoms with Crippen LogP contribution in [0.4, 0.5) is 0 Å². The van der Waals surface area contributed by atoms with Crippen LogP contribution in [-0.2, 0) is 24.3 Å². The Balaban J connectivity index is 1.73. The van der Waals surface area contributed by atoms with E-state index in [2.05, 4.69) is 4.72 Å². The minimum atomic E-state index is -3.77. The molecule has 0 atom stereocenters. The van der Waals surface area contributed by atoms with Gasteiger partial charge in [0.05, 0.1) is 0 Å². The molecule has 8 heteroatoms. The molecule has 0 spiro atoms. The van der Waals surface area contributed by atoms with Crippen LogP contribution in [0.2, 0.25) is 0 Å². The number of rotatable bonds is 7. The number of sulfonamides is 1. The number of likely N-dealkylation sites (tertiary alicyclic amines) is 1. The van der Waals surface area contributed by atoms with Gasteiger partial charge in [-0.15, -0.1) is 0 Å². The third kappa shape index (κ3) is 7.37. The van der Waals surface area contributed by atoms with Crippen molar-refractivity contribution in [3.8, 4) is 0 Å². The summed E-state index contributed by atoms with van der Waals surface area (Å²) in [6, 6.07) is 8.92. The number of nitrogens with one attached hydrogen (secondary N) is 1. The van der Waals surface area contributed by atoms with Crippen LogP contribution in [0.25, 0.3) is 6.08 Å². The van der Waals surface area contributed by atoms with Crippen LogP contribution in [0.5, 0.6) is 0 Å². The van der Waals surface area contributed by atoms with E-state index in [1.54, 1.807) is 29.2 Å². The summed E-state index contributed by atoms with van der Waals surface area (Å²) in [7, 11) is -3.77. The standard InChI is InChI=1S/C18H24N2O5S/c21-17(20-11-6-1-2-7-12-20)15-25-18(22)14-19-26(23,24)13-10-16-8-4-3-5-9-16/h3-5,8-10,13,19H,1-2,6-7,11-12,14-15H2. The first-order valence-electron chi connectivity index (χ1n) is 8.62. The van der Waals surface area contributed by atoms with Gasteiger partial charge < -0.3 is 9.64 Å². The quantitative estimate of drug-likeness (QED) is 0.724. The summed E-state index contributed by atoms with van der Waals surface area (Å²) in [6.45, 7) is 0.468. The number of amides is 1. The molecule has 0 bridgehead atoms. The zero-order valence-electron chi connectivity index (χ0n) is 14.6. The Morgan fingerprint density at radius 1 is 1.08 bits per heavy atom. The summed E-state index contributed by atoms with van der Waals surface area (Å²) in [4.78, 5) is 25.4. The summed E-state index contributed by atoms with van der Waals surface area (Å²) in [6.07, 6.45) is 5.53. The maximum atomic E-state index is 12.0. The molecule has 0 aliphatic carbocycles. The molecule has 0 saturated carbocycles. The van der Waals surface area contributed by atoms with Gasteiger partial charge in [0.15, 0.2) is 6.61 Å². The minimum Gasteiger partial charge on any atom is -0.455 e. The molecule has 7 nitrogen and oxygen atoms in total. The Morgan fingerprint density at radius 3 is 2.38 bits per heavy atom. The van der Waals surface area contributed by atoms with Crippen molar-refractivity contribution in [2.75, 3.05) is 26.2 Å². The van der Waals surface area contributed by atoms with Gasteiger partial charge in [0.2, 0.25) is 10.0 Å². The van der Waals surface area contributed by atoms with E-state index >= 15 is 0 Å². The van der Waals surface area contributed by atoms with Crippen molar-refractivity contribution >= 4 is 28.0 Å². The Kier molecular flexibility index (Phi) is 7.80. The fourth-order valence-corrected chi connectivity index (χ4v) is 3.30. The molecule has 1 N–H and O–H groups in total. The highest BCUT2D eigenvalue weighted by Crippen LogP contribution is 2.09. The van der Waals surface area contributed by atoms with Gasteiger partial charge in [-0.1, -0.05) is 43.2 Å². The van der Waals surface area contributed by atoms with Gasteiger partial charge in [0.25, 0.3) is 5.91 Å². The lowest BCUT2D eigenvalue weighted by molar-refractivity contribution is -0.151. The second-order valence-electron chi connectivity index (χ2n) is 6.04. The molecular weight excluding hydrogens is 356 g/mol. The molecule has 142 valence electrons. The van der Waals surface area contributed by atoms with E-state index in [9.17, 15) is 18.0 Å². The fourth-order valence-electron chi connectivity index (χ4n) is 2.54. The van der Waals surface area contributed by atoms with Crippen molar-refractivity contribution < 1.29 is 22.7 Å². The lowest BCUT2D eigenvalue weighted by atomic mass is 10.2. The van der Waals surface area contributed by atoms with E-state index < -0.39 is 22.5 Å². The normalized spacial score (nSPS) is 15.6. The van der Waals surface area contributed by atoms with Gasteiger partial charge in [-0.3, -0.25) is 9.59 Å². The number of hydrogen-bond acceptors (Lipinski definition) is 5. The van der Waals surface area contributed by atoms with Gasteiger partial charge in [0, 0.05) is 18.5 Å². The van der Waals surface area contributed by atoms with Crippen molar-refractivity contribution in [1.82, 2.24) is 9.62 Å². The minimum absolute atomic E-state index is 0.243. The second kappa shape index (κ2) is 10.1. The van der Waals surface area contributed by atoms with E-state index in [-0.39, 0.29) is 12.5 Å². The van der Waals surface area contributed by atoms with Crippen LogP contribution in [0.3, 0.4) is 0 Å². The molecule has 1 saturated heterocycles. The zero-order valence-corrected chi connectivity index (χ0v) is 15.4. The predicted molar refractivity (Wildman–Crippen MR) is 98.4 cm³/mol. The van der Waals surface area contributed by atoms with Crippen LogP contribution in [0, 0.1) is 0 Å². The number of nitrogens with zero attached hydrogens (tertiary/aromatic N) is 1. The van der Waals surface area contributed by atoms with E-state index in [1.165, 1.54) is 6.08 Å². The van der Waals surface area contributed by atoms with Crippen LogP contribution in [-0.4, -0.2) is 51.4 Å². The smallest absolute Gasteiger partial charge is 0.321 e. The number of benzene rings is 1. The molecule has 1 heterocycles. The second-order valence-corrected chi connectivity index (χ2v) is 7.69. The van der Waals surface area contributed by atoms with E-state index in [0.29, 0.717) is 13.1 Å². The molecule has 0 aromatic heterocycles. The largest absolute Gasteiger partial charge is 0.455 e. The maximum Gasteiger partial charge on any atom is 0.321 e. The van der Waals surface area contributed by atoms with Crippen LogP contribution >= 0.6 is 0 Å². The third-order valence-corrected chi connectivity index (χ3v) is 5.01. The molecule has 1 amide bonds. The van der Waals surface area contributed by atoms with Crippen molar-refractivity contribution in [2.45, 2.75) is 25.7 Å². The first kappa shape index (κ1) is 20.1. The molecule has 0 radical (unpaired) electrons. The topological polar surface area (TPSA) is 92.8 Å². The highest BCUT2D eigenvalue weighted by Gasteiger charge is 2.17. The molecule has 0 unspecified atom stereocenters. The highest BCUT2D eigenvalue weighted by atomic mass is 32.2. The van der Waals surface area contributed by atoms with E-state index in [1.807, 2.05) is 6.07 Å². The molecule has 1 fully saturated rings. The van der Waals surface area contributed by atoms with Gasteiger partial charge in [-0.05, 0) is 24.5 Å². The monoisotopic (exact) mass is 380 g/mol. The molecule has 26 heavy (non-hydrogen) atoms. The first-order chi connectivity index (χ1) is 12.5. The SMILES string of the molecule is O=C(CNS(=O)(=O)C=Cc1ccccc1)OCC(=O)N1CCCCCC1. The predicted octanol–water partition coefficient (Wildman–Crippen LogP) is 1.52. The first-order valence-corrected chi connectivity index (χ1v) is 10.2. The van der Waals surface area contributed by atoms with Crippen molar-refractivity contribution in [3.63, 3.8) is 0 Å². The van der Waals surface area contributed by atoms with Crippen molar-refractivity contribution in [2.24, 2.45) is 0 Å². The summed E-state index contributed by atoms with van der Waals surface area (Å²) in [5.74, 6) is -1.03. The molecule has 1 aromatic carbocycles. The van der Waals surface area contributed by atoms with Gasteiger partial charge in [-0.2, -0.15) is 0 Å². The van der Waals surface area contributed by atoms with Crippen molar-refractivity contribution in [1.29, 1.82) is 0 Å². The summed E-state index contributed by atoms with van der Waals surface area (Å²) < 4.78 is 30.7. The molecule has 1 aromatic rings. The summed E-state index contributed by atoms with van der Waals surface area (Å²) in [5.41, 5.74) is 0.725. The average Bonchev–Trinajstić information content (AvgIpc) is 2.93. The Hall–Kier alpha value is -2.19. The Morgan fingerprint density at radius 2 is 1.73 bits per heavy atom. The lowest BCUT2D eigenvalue weighted by Crippen LogP contribution is -2.37. The number of carbonyl (C=O) groups is 2. The maximum absolute atomic E-state index is 12.0.